The van der Waals surface area contributed by atoms with Crippen molar-refractivity contribution in [2.45, 2.75) is 58.8 Å². The number of aliphatic hydroxyl groups excluding tert-OH is 1. The maximum Gasteiger partial charge on any atom is 0.333 e. The summed E-state index contributed by atoms with van der Waals surface area (Å²) in [6.07, 6.45) is -0.184. The number of hydrogen-bond donors (Lipinski definition) is 5. The number of aromatic nitrogens is 2. The first-order valence-electron chi connectivity index (χ1n) is 20.7. The highest BCUT2D eigenvalue weighted by molar-refractivity contribution is 8.00. The molecule has 0 bridgehead atoms. The molecule has 69 heavy (non-hydrogen) atoms. The predicted octanol–water partition coefficient (Wildman–Crippen LogP) is 7.03. The van der Waals surface area contributed by atoms with Crippen molar-refractivity contribution in [1.82, 2.24) is 9.36 Å². The summed E-state index contributed by atoms with van der Waals surface area (Å²) in [4.78, 5) is 54.8. The van der Waals surface area contributed by atoms with Crippen molar-refractivity contribution >= 4 is 89.3 Å². The molecule has 0 saturated heterocycles. The molecule has 374 valence electrons. The van der Waals surface area contributed by atoms with E-state index >= 15 is 0 Å². The highest BCUT2D eigenvalue weighted by Crippen LogP contribution is 2.41. The number of aliphatic hydroxyl groups is 1. The summed E-state index contributed by atoms with van der Waals surface area (Å²) in [7, 11) is -7.28. The molecular weight excluding hydrogens is 979 g/mol. The van der Waals surface area contributed by atoms with Gasteiger partial charge >= 0.3 is 17.9 Å². The van der Waals surface area contributed by atoms with Crippen LogP contribution in [0, 0.1) is 10.2 Å². The molecule has 1 amide bonds. The van der Waals surface area contributed by atoms with Gasteiger partial charge in [0.1, 0.15) is 44.0 Å². The fourth-order valence-electron chi connectivity index (χ4n) is 5.63. The van der Waals surface area contributed by atoms with Crippen LogP contribution in [0.1, 0.15) is 52.7 Å². The Balaban J connectivity index is 1.47. The molecule has 25 heteroatoms. The fourth-order valence-corrected chi connectivity index (χ4v) is 8.32. The van der Waals surface area contributed by atoms with Crippen LogP contribution in [0.5, 0.6) is 11.5 Å². The van der Waals surface area contributed by atoms with E-state index in [1.54, 1.807) is 44.2 Å². The van der Waals surface area contributed by atoms with E-state index in [0.717, 1.165) is 29.6 Å². The van der Waals surface area contributed by atoms with Gasteiger partial charge in [0.2, 0.25) is 15.2 Å². The zero-order chi connectivity index (χ0) is 51.2. The lowest BCUT2D eigenvalue weighted by Crippen LogP contribution is -2.31. The van der Waals surface area contributed by atoms with Crippen molar-refractivity contribution < 1.29 is 65.1 Å². The van der Waals surface area contributed by atoms with Crippen molar-refractivity contribution in [2.75, 3.05) is 60.8 Å². The van der Waals surface area contributed by atoms with E-state index in [9.17, 15) is 41.5 Å². The second kappa shape index (κ2) is 24.5. The Morgan fingerprint density at radius 3 is 2.29 bits per heavy atom. The molecule has 4 rings (SSSR count). The standard InChI is InChI=1S/C44H55N7O14S4/c1-27(2)40(55)65-22-32(52)21-64-37(54)24-66-26-44(6,7)41(56)62-17-16-61-38-34(43(3,4)5)19-31(20-35(38)46-36(53)23-63-33-14-12-28(13-15-33)25-69(45,59)60)48-49-42-47-39(50-67-42)29-10-9-11-30(18-29)51-68(8,57)58/h9-15,18-20,32,51-52H,1,16-17,21-26H2,2-8H3,(H,46,53)(H2,45,59,60). The lowest BCUT2D eigenvalue weighted by atomic mass is 9.85. The maximum atomic E-state index is 13.4. The molecule has 3 aromatic carbocycles. The van der Waals surface area contributed by atoms with Crippen LogP contribution in [0.25, 0.3) is 11.4 Å². The highest BCUT2D eigenvalue weighted by atomic mass is 32.2. The lowest BCUT2D eigenvalue weighted by Gasteiger charge is -2.26. The van der Waals surface area contributed by atoms with E-state index in [-0.39, 0.29) is 70.8 Å². The van der Waals surface area contributed by atoms with Gasteiger partial charge in [-0.05, 0) is 68.1 Å². The monoisotopic (exact) mass is 1030 g/mol. The van der Waals surface area contributed by atoms with Gasteiger partial charge < -0.3 is 38.7 Å². The number of nitrogens with one attached hydrogen (secondary N) is 3. The molecule has 0 aliphatic heterocycles. The van der Waals surface area contributed by atoms with Crippen molar-refractivity contribution in [1.29, 1.82) is 4.78 Å². The minimum atomic E-state index is -3.76. The quantitative estimate of drug-likeness (QED) is 0.0146. The Morgan fingerprint density at radius 1 is 0.942 bits per heavy atom. The van der Waals surface area contributed by atoms with E-state index < -0.39 is 74.0 Å². The summed E-state index contributed by atoms with van der Waals surface area (Å²) in [5, 5.41) is 21.6. The van der Waals surface area contributed by atoms with Gasteiger partial charge in [-0.1, -0.05) is 51.6 Å². The van der Waals surface area contributed by atoms with Gasteiger partial charge in [0, 0.05) is 39.7 Å². The number of amides is 1. The van der Waals surface area contributed by atoms with E-state index in [2.05, 4.69) is 36.2 Å². The first-order valence-corrected chi connectivity index (χ1v) is 26.2. The summed E-state index contributed by atoms with van der Waals surface area (Å²) in [5.74, 6) is -2.00. The average Bonchev–Trinajstić information content (AvgIpc) is 3.73. The third kappa shape index (κ3) is 19.5. The molecule has 1 aromatic heterocycles. The third-order valence-corrected chi connectivity index (χ3v) is 12.2. The minimum Gasteiger partial charge on any atom is -0.488 e. The topological polar surface area (TPSA) is 305 Å². The number of nitrogens with zero attached hydrogens (tertiary/aromatic N) is 4. The van der Waals surface area contributed by atoms with E-state index in [1.807, 2.05) is 20.8 Å². The number of esters is 3. The van der Waals surface area contributed by atoms with Gasteiger partial charge in [-0.3, -0.25) is 19.1 Å². The Labute approximate surface area is 408 Å². The number of sulfonamides is 1. The van der Waals surface area contributed by atoms with Gasteiger partial charge in [-0.2, -0.15) is 9.36 Å². The van der Waals surface area contributed by atoms with Gasteiger partial charge in [-0.15, -0.1) is 22.0 Å². The van der Waals surface area contributed by atoms with Crippen molar-refractivity contribution in [3.63, 3.8) is 0 Å². The maximum absolute atomic E-state index is 13.4. The van der Waals surface area contributed by atoms with Crippen LogP contribution in [-0.2, 0) is 64.6 Å². The molecule has 0 aliphatic rings. The number of ether oxygens (including phenoxy) is 5. The normalized spacial score (nSPS) is 13.2. The molecule has 5 N–H and O–H groups in total. The number of benzene rings is 3. The average molecular weight is 1030 g/mol. The summed E-state index contributed by atoms with van der Waals surface area (Å²) >= 11 is 2.08. The smallest absolute Gasteiger partial charge is 0.333 e. The second-order valence-electron chi connectivity index (χ2n) is 17.0. The first-order chi connectivity index (χ1) is 32.2. The van der Waals surface area contributed by atoms with Crippen LogP contribution in [0.3, 0.4) is 0 Å². The first kappa shape index (κ1) is 55.6. The number of azo groups is 1. The van der Waals surface area contributed by atoms with Crippen molar-refractivity contribution in [3.8, 4) is 22.9 Å². The van der Waals surface area contributed by atoms with Crippen LogP contribution in [0.15, 0.2) is 83.0 Å². The molecule has 0 aliphatic carbocycles. The molecule has 21 nitrogen and oxygen atoms in total. The number of thioether (sulfide) groups is 1. The molecule has 0 fully saturated rings. The second-order valence-corrected chi connectivity index (χ2v) is 22.1. The number of rotatable bonds is 25. The zero-order valence-corrected chi connectivity index (χ0v) is 42.2. The molecule has 0 radical (unpaired) electrons. The molecule has 0 spiro atoms. The molecule has 0 saturated carbocycles. The third-order valence-electron chi connectivity index (χ3n) is 8.89. The van der Waals surface area contributed by atoms with E-state index in [0.29, 0.717) is 28.1 Å². The molecular formula is C44H55N7O14S4. The molecule has 2 unspecified atom stereocenters. The van der Waals surface area contributed by atoms with Crippen LogP contribution < -0.4 is 19.5 Å². The van der Waals surface area contributed by atoms with Crippen LogP contribution in [0.4, 0.5) is 22.2 Å². The highest BCUT2D eigenvalue weighted by Gasteiger charge is 2.30. The fraction of sp³-hybridized carbons (Fsp3) is 0.409. The Bertz CT molecular complexity index is 2740. The summed E-state index contributed by atoms with van der Waals surface area (Å²) in [6.45, 7) is 12.4. The van der Waals surface area contributed by atoms with Gasteiger partial charge in [0.15, 0.2) is 22.4 Å². The molecule has 2 atom stereocenters. The van der Waals surface area contributed by atoms with E-state index in [4.69, 9.17) is 28.5 Å². The number of anilines is 2. The Hall–Kier alpha value is -5.99. The largest absolute Gasteiger partial charge is 0.488 e. The van der Waals surface area contributed by atoms with Gasteiger partial charge in [0.05, 0.1) is 34.6 Å². The van der Waals surface area contributed by atoms with Crippen LogP contribution in [0.2, 0.25) is 0 Å². The summed E-state index contributed by atoms with van der Waals surface area (Å²) in [5.41, 5.74) is 0.846. The lowest BCUT2D eigenvalue weighted by molar-refractivity contribution is -0.153. The van der Waals surface area contributed by atoms with E-state index in [1.165, 1.54) is 37.3 Å². The number of carbonyl (C=O) groups excluding carboxylic acids is 4. The van der Waals surface area contributed by atoms with Gasteiger partial charge in [-0.25, -0.2) is 22.2 Å². The van der Waals surface area contributed by atoms with Gasteiger partial charge in [0.25, 0.3) is 5.91 Å². The molecule has 1 heterocycles. The Morgan fingerprint density at radius 2 is 1.64 bits per heavy atom. The minimum absolute atomic E-state index is 0.126. The number of hydrogen-bond acceptors (Lipinski definition) is 20. The molecule has 4 aromatic rings. The summed E-state index contributed by atoms with van der Waals surface area (Å²) < 4.78 is 85.8. The predicted molar refractivity (Wildman–Crippen MR) is 261 cm³/mol. The Kier molecular flexibility index (Phi) is 19.8. The van der Waals surface area contributed by atoms with Crippen LogP contribution in [-0.4, -0.2) is 112 Å². The van der Waals surface area contributed by atoms with Crippen molar-refractivity contribution in [3.05, 3.63) is 83.9 Å². The number of carbonyl (C=O) groups is 4. The van der Waals surface area contributed by atoms with Crippen molar-refractivity contribution in [2.24, 2.45) is 15.6 Å². The zero-order valence-electron chi connectivity index (χ0n) is 38.9. The van der Waals surface area contributed by atoms with Crippen LogP contribution >= 0.6 is 23.3 Å². The summed E-state index contributed by atoms with van der Waals surface area (Å²) in [6, 6.07) is 15.8. The SMILES string of the molecule is C=C(C)C(=O)OCC(O)COC(=O)CSCC(C)(C)C(=O)OCCOc1c(NC(=O)COc2ccc(CS(=N)(=O)O)cc2)cc(N=Nc2nc(-c3cccc(NS(C)(=O)=O)c3)ns2)cc1C(C)(C)C.